The lowest BCUT2D eigenvalue weighted by Crippen LogP contribution is -2.14. The molecule has 0 bridgehead atoms. The molecule has 0 fully saturated rings. The summed E-state index contributed by atoms with van der Waals surface area (Å²) in [5.74, 6) is 0.131. The molecule has 0 amide bonds. The average Bonchev–Trinajstić information content (AvgIpc) is 2.75. The van der Waals surface area contributed by atoms with E-state index >= 15 is 0 Å². The second-order valence-electron chi connectivity index (χ2n) is 3.01. The van der Waals surface area contributed by atoms with Crippen molar-refractivity contribution in [1.82, 2.24) is 20.0 Å². The Hall–Kier alpha value is -2.15. The maximum Gasteiger partial charge on any atom is 0.227 e. The van der Waals surface area contributed by atoms with Crippen LogP contribution in [0, 0.1) is 0 Å². The summed E-state index contributed by atoms with van der Waals surface area (Å²) in [6, 6.07) is 2.90. The Morgan fingerprint density at radius 1 is 1.65 bits per heavy atom. The summed E-state index contributed by atoms with van der Waals surface area (Å²) in [4.78, 5) is 16.1. The van der Waals surface area contributed by atoms with Crippen LogP contribution >= 0.6 is 11.6 Å². The number of rotatable bonds is 3. The first-order chi connectivity index (χ1) is 8.20. The molecule has 0 atom stereocenters. The zero-order valence-electron chi connectivity index (χ0n) is 8.79. The molecule has 17 heavy (non-hydrogen) atoms. The van der Waals surface area contributed by atoms with E-state index in [0.717, 1.165) is 0 Å². The summed E-state index contributed by atoms with van der Waals surface area (Å²) in [5.41, 5.74) is 0.218. The van der Waals surface area contributed by atoms with Gasteiger partial charge in [-0.1, -0.05) is 16.8 Å². The summed E-state index contributed by atoms with van der Waals surface area (Å²) < 4.78 is 1.33. The highest BCUT2D eigenvalue weighted by Crippen LogP contribution is 2.01. The smallest absolute Gasteiger partial charge is 0.227 e. The van der Waals surface area contributed by atoms with Gasteiger partial charge in [0, 0.05) is 12.3 Å². The van der Waals surface area contributed by atoms with Crippen LogP contribution in [0.2, 0.25) is 5.15 Å². The number of nitrogens with one attached hydrogen (secondary N) is 1. The molecule has 1 N–H and O–H groups in total. The van der Waals surface area contributed by atoms with Crippen molar-refractivity contribution >= 4 is 17.8 Å². The van der Waals surface area contributed by atoms with E-state index in [1.54, 1.807) is 12.3 Å². The van der Waals surface area contributed by atoms with Crippen molar-refractivity contribution in [3.63, 3.8) is 0 Å². The lowest BCUT2D eigenvalue weighted by Gasteiger charge is -1.97. The second kappa shape index (κ2) is 4.79. The molecule has 0 radical (unpaired) electrons. The maximum absolute atomic E-state index is 11.6. The molecule has 2 heterocycles. The third-order valence-electron chi connectivity index (χ3n) is 1.86. The first-order valence-corrected chi connectivity index (χ1v) is 4.96. The first kappa shape index (κ1) is 11.3. The van der Waals surface area contributed by atoms with Crippen molar-refractivity contribution in [3.8, 4) is 5.82 Å². The van der Waals surface area contributed by atoms with Crippen LogP contribution in [0.5, 0.6) is 0 Å². The SMILES string of the molecule is CON=Cc1ccn(-c2n[nH]c(Cl)cc2=O)n1. The van der Waals surface area contributed by atoms with Crippen molar-refractivity contribution in [2.75, 3.05) is 7.11 Å². The number of hydrogen-bond acceptors (Lipinski definition) is 5. The van der Waals surface area contributed by atoms with Crippen molar-refractivity contribution < 1.29 is 4.84 Å². The highest BCUT2D eigenvalue weighted by molar-refractivity contribution is 6.29. The van der Waals surface area contributed by atoms with Crippen LogP contribution in [-0.4, -0.2) is 33.3 Å². The number of hydrogen-bond donors (Lipinski definition) is 1. The van der Waals surface area contributed by atoms with Gasteiger partial charge in [-0.25, -0.2) is 4.68 Å². The zero-order valence-corrected chi connectivity index (χ0v) is 9.55. The number of H-pyrrole nitrogens is 1. The van der Waals surface area contributed by atoms with Crippen molar-refractivity contribution in [2.45, 2.75) is 0 Å². The van der Waals surface area contributed by atoms with E-state index in [9.17, 15) is 4.79 Å². The van der Waals surface area contributed by atoms with Crippen LogP contribution in [0.15, 0.2) is 28.3 Å². The lowest BCUT2D eigenvalue weighted by atomic mass is 10.5. The second-order valence-corrected chi connectivity index (χ2v) is 3.41. The van der Waals surface area contributed by atoms with Gasteiger partial charge in [-0.3, -0.25) is 9.89 Å². The molecule has 0 aliphatic carbocycles. The number of oxime groups is 1. The van der Waals surface area contributed by atoms with E-state index in [1.165, 1.54) is 24.1 Å². The van der Waals surface area contributed by atoms with Crippen LogP contribution in [0.25, 0.3) is 5.82 Å². The molecule has 0 aliphatic rings. The van der Waals surface area contributed by atoms with Crippen LogP contribution in [-0.2, 0) is 4.84 Å². The number of halogens is 1. The quantitative estimate of drug-likeness (QED) is 0.641. The Labute approximate surface area is 101 Å². The maximum atomic E-state index is 11.6. The summed E-state index contributed by atoms with van der Waals surface area (Å²) in [6.07, 6.45) is 3.00. The Morgan fingerprint density at radius 3 is 3.18 bits per heavy atom. The molecule has 7 nitrogen and oxygen atoms in total. The molecule has 88 valence electrons. The molecular weight excluding hydrogens is 246 g/mol. The minimum absolute atomic E-state index is 0.131. The van der Waals surface area contributed by atoms with Crippen LogP contribution in [0.4, 0.5) is 0 Å². The van der Waals surface area contributed by atoms with Crippen LogP contribution in [0.3, 0.4) is 0 Å². The summed E-state index contributed by atoms with van der Waals surface area (Å²) in [5, 5.41) is 14.1. The molecule has 0 saturated heterocycles. The Kier molecular flexibility index (Phi) is 3.20. The van der Waals surface area contributed by atoms with Crippen molar-refractivity contribution in [1.29, 1.82) is 0 Å². The fourth-order valence-electron chi connectivity index (χ4n) is 1.17. The minimum atomic E-state index is -0.327. The predicted octanol–water partition coefficient (Wildman–Crippen LogP) is 0.589. The Bertz CT molecular complexity index is 603. The first-order valence-electron chi connectivity index (χ1n) is 4.58. The van der Waals surface area contributed by atoms with Crippen molar-refractivity contribution in [2.24, 2.45) is 5.16 Å². The summed E-state index contributed by atoms with van der Waals surface area (Å²) in [7, 11) is 1.43. The molecule has 0 saturated carbocycles. The van der Waals surface area contributed by atoms with Crippen molar-refractivity contribution in [3.05, 3.63) is 39.4 Å². The molecule has 8 heteroatoms. The predicted molar refractivity (Wildman–Crippen MR) is 61.6 cm³/mol. The van der Waals surface area contributed by atoms with Gasteiger partial charge < -0.3 is 4.84 Å². The molecule has 2 rings (SSSR count). The van der Waals surface area contributed by atoms with Gasteiger partial charge in [0.15, 0.2) is 0 Å². The van der Waals surface area contributed by atoms with E-state index in [-0.39, 0.29) is 16.4 Å². The van der Waals surface area contributed by atoms with Gasteiger partial charge >= 0.3 is 0 Å². The lowest BCUT2D eigenvalue weighted by molar-refractivity contribution is 0.215. The third kappa shape index (κ3) is 2.51. The molecule has 0 aliphatic heterocycles. The van der Waals surface area contributed by atoms with Crippen LogP contribution < -0.4 is 5.43 Å². The molecular formula is C9H8ClN5O2. The van der Waals surface area contributed by atoms with Gasteiger partial charge in [0.25, 0.3) is 0 Å². The molecule has 0 aromatic carbocycles. The van der Waals surface area contributed by atoms with Gasteiger partial charge in [0.05, 0.1) is 6.21 Å². The van der Waals surface area contributed by atoms with Gasteiger partial charge in [0.1, 0.15) is 18.0 Å². The number of aromatic amines is 1. The standard InChI is InChI=1S/C9H8ClN5O2/c1-17-11-5-6-2-3-15(14-6)9-7(16)4-8(10)12-13-9/h2-5H,1H3,(H,12,16). The van der Waals surface area contributed by atoms with Gasteiger partial charge in [0.2, 0.25) is 11.2 Å². The highest BCUT2D eigenvalue weighted by Gasteiger charge is 2.06. The van der Waals surface area contributed by atoms with Gasteiger partial charge in [-0.2, -0.15) is 10.2 Å². The topological polar surface area (TPSA) is 85.2 Å². The highest BCUT2D eigenvalue weighted by atomic mass is 35.5. The molecule has 0 unspecified atom stereocenters. The van der Waals surface area contributed by atoms with E-state index in [1.807, 2.05) is 0 Å². The zero-order chi connectivity index (χ0) is 12.3. The van der Waals surface area contributed by atoms with E-state index in [2.05, 4.69) is 25.3 Å². The monoisotopic (exact) mass is 253 g/mol. The van der Waals surface area contributed by atoms with Crippen LogP contribution in [0.1, 0.15) is 5.69 Å². The summed E-state index contributed by atoms with van der Waals surface area (Å²) in [6.45, 7) is 0. The fourth-order valence-corrected chi connectivity index (χ4v) is 1.31. The Balaban J connectivity index is 2.37. The Morgan fingerprint density at radius 2 is 2.47 bits per heavy atom. The third-order valence-corrected chi connectivity index (χ3v) is 2.06. The summed E-state index contributed by atoms with van der Waals surface area (Å²) >= 11 is 5.59. The minimum Gasteiger partial charge on any atom is -0.399 e. The van der Waals surface area contributed by atoms with Gasteiger partial charge in [-0.15, -0.1) is 0 Å². The van der Waals surface area contributed by atoms with Gasteiger partial charge in [-0.05, 0) is 6.07 Å². The number of aromatic nitrogens is 4. The van der Waals surface area contributed by atoms with E-state index in [4.69, 9.17) is 11.6 Å². The molecule has 2 aromatic rings. The van der Waals surface area contributed by atoms with E-state index in [0.29, 0.717) is 5.69 Å². The normalized spacial score (nSPS) is 10.9. The molecule has 2 aromatic heterocycles. The average molecular weight is 254 g/mol. The van der Waals surface area contributed by atoms with E-state index < -0.39 is 0 Å². The molecule has 0 spiro atoms. The largest absolute Gasteiger partial charge is 0.399 e. The number of nitrogens with zero attached hydrogens (tertiary/aromatic N) is 4. The fraction of sp³-hybridized carbons (Fsp3) is 0.111.